The van der Waals surface area contributed by atoms with Crippen LogP contribution in [0.2, 0.25) is 0 Å². The molecule has 106 valence electrons. The third-order valence-corrected chi connectivity index (χ3v) is 6.07. The van der Waals surface area contributed by atoms with Crippen LogP contribution in [0.4, 0.5) is 0 Å². The summed E-state index contributed by atoms with van der Waals surface area (Å²) in [4.78, 5) is 12.2. The fraction of sp³-hybridized carbons (Fsp3) is 0.800. The molecule has 19 heavy (non-hydrogen) atoms. The van der Waals surface area contributed by atoms with Crippen LogP contribution in [0.25, 0.3) is 0 Å². The molecule has 2 aliphatic carbocycles. The minimum absolute atomic E-state index is 0.198. The number of carbonyl (C=O) groups is 1. The predicted octanol–water partition coefficient (Wildman–Crippen LogP) is 1.26. The normalized spacial score (nSPS) is 53.5. The quantitative estimate of drug-likeness (QED) is 0.512. The maximum atomic E-state index is 12.2. The molecule has 0 aromatic carbocycles. The summed E-state index contributed by atoms with van der Waals surface area (Å²) in [5, 5.41) is 21.1. The highest BCUT2D eigenvalue weighted by Gasteiger charge is 2.69. The average molecular weight is 266 g/mol. The molecule has 1 saturated heterocycles. The Morgan fingerprint density at radius 2 is 2.05 bits per heavy atom. The van der Waals surface area contributed by atoms with Crippen molar-refractivity contribution in [2.24, 2.45) is 22.7 Å². The van der Waals surface area contributed by atoms with Gasteiger partial charge in [-0.25, -0.2) is 0 Å². The molecular formula is C15H22O4. The summed E-state index contributed by atoms with van der Waals surface area (Å²) in [7, 11) is 0. The van der Waals surface area contributed by atoms with Gasteiger partial charge in [0, 0.05) is 5.92 Å². The van der Waals surface area contributed by atoms with Gasteiger partial charge in [-0.2, -0.15) is 0 Å². The van der Waals surface area contributed by atoms with Crippen LogP contribution < -0.4 is 0 Å². The molecule has 0 aromatic heterocycles. The van der Waals surface area contributed by atoms with E-state index in [-0.39, 0.29) is 23.9 Å². The van der Waals surface area contributed by atoms with Gasteiger partial charge >= 0.3 is 5.97 Å². The van der Waals surface area contributed by atoms with E-state index >= 15 is 0 Å². The maximum absolute atomic E-state index is 12.2. The Kier molecular flexibility index (Phi) is 2.64. The zero-order valence-corrected chi connectivity index (χ0v) is 11.6. The summed E-state index contributed by atoms with van der Waals surface area (Å²) < 4.78 is 5.11. The van der Waals surface area contributed by atoms with Crippen molar-refractivity contribution >= 4 is 5.97 Å². The third kappa shape index (κ3) is 1.39. The van der Waals surface area contributed by atoms with Crippen LogP contribution in [0, 0.1) is 22.7 Å². The Bertz CT molecular complexity index is 427. The van der Waals surface area contributed by atoms with Crippen LogP contribution in [0.3, 0.4) is 0 Å². The van der Waals surface area contributed by atoms with Gasteiger partial charge in [0.15, 0.2) is 0 Å². The van der Waals surface area contributed by atoms with E-state index in [0.717, 1.165) is 6.42 Å². The van der Waals surface area contributed by atoms with E-state index in [0.29, 0.717) is 24.3 Å². The Morgan fingerprint density at radius 3 is 2.58 bits per heavy atom. The second-order valence-electron chi connectivity index (χ2n) is 6.85. The van der Waals surface area contributed by atoms with Crippen LogP contribution in [0.15, 0.2) is 12.2 Å². The fourth-order valence-electron chi connectivity index (χ4n) is 4.65. The summed E-state index contributed by atoms with van der Waals surface area (Å²) >= 11 is 0. The highest BCUT2D eigenvalue weighted by molar-refractivity contribution is 5.85. The zero-order valence-electron chi connectivity index (χ0n) is 11.6. The zero-order chi connectivity index (χ0) is 14.0. The first kappa shape index (κ1) is 13.1. The summed E-state index contributed by atoms with van der Waals surface area (Å²) in [5.41, 5.74) is -0.553. The Labute approximate surface area is 113 Å². The first-order chi connectivity index (χ1) is 8.84. The van der Waals surface area contributed by atoms with Gasteiger partial charge in [0.05, 0.1) is 12.2 Å². The Hall–Kier alpha value is -0.870. The minimum atomic E-state index is -0.987. The summed E-state index contributed by atoms with van der Waals surface area (Å²) in [5.74, 6) is -0.255. The van der Waals surface area contributed by atoms with Crippen molar-refractivity contribution in [3.8, 4) is 0 Å². The lowest BCUT2D eigenvalue weighted by molar-refractivity contribution is -0.151. The van der Waals surface area contributed by atoms with Crippen LogP contribution in [-0.2, 0) is 9.53 Å². The summed E-state index contributed by atoms with van der Waals surface area (Å²) in [6.45, 7) is 8.37. The van der Waals surface area contributed by atoms with Crippen molar-refractivity contribution in [1.82, 2.24) is 0 Å². The van der Waals surface area contributed by atoms with E-state index in [9.17, 15) is 15.0 Å². The van der Waals surface area contributed by atoms with Gasteiger partial charge < -0.3 is 14.9 Å². The topological polar surface area (TPSA) is 66.8 Å². The molecule has 0 aromatic rings. The van der Waals surface area contributed by atoms with Gasteiger partial charge in [-0.15, -0.1) is 0 Å². The molecule has 3 fully saturated rings. The van der Waals surface area contributed by atoms with Crippen molar-refractivity contribution in [3.05, 3.63) is 12.2 Å². The van der Waals surface area contributed by atoms with E-state index in [4.69, 9.17) is 4.74 Å². The number of esters is 1. The van der Waals surface area contributed by atoms with Crippen LogP contribution in [-0.4, -0.2) is 35.0 Å². The van der Waals surface area contributed by atoms with Gasteiger partial charge in [-0.3, -0.25) is 4.79 Å². The lowest BCUT2D eigenvalue weighted by Crippen LogP contribution is -2.47. The number of carbonyl (C=O) groups excluding carboxylic acids is 1. The maximum Gasteiger partial charge on any atom is 0.319 e. The number of aliphatic hydroxyl groups excluding tert-OH is 2. The highest BCUT2D eigenvalue weighted by Crippen LogP contribution is 2.64. The van der Waals surface area contributed by atoms with E-state index in [1.54, 1.807) is 0 Å². The van der Waals surface area contributed by atoms with Crippen LogP contribution in [0.1, 0.15) is 33.1 Å². The second kappa shape index (κ2) is 3.83. The predicted molar refractivity (Wildman–Crippen MR) is 69.2 cm³/mol. The first-order valence-corrected chi connectivity index (χ1v) is 7.05. The van der Waals surface area contributed by atoms with E-state index in [1.807, 2.05) is 0 Å². The number of ether oxygens (including phenoxy) is 1. The minimum Gasteiger partial charge on any atom is -0.460 e. The lowest BCUT2D eigenvalue weighted by atomic mass is 9.62. The summed E-state index contributed by atoms with van der Waals surface area (Å²) in [6.07, 6.45) is 0.741. The molecule has 4 nitrogen and oxygen atoms in total. The SMILES string of the molecule is C=C1COC(=O)C12CC1(C)C(C)CCC(O)C1C2O. The van der Waals surface area contributed by atoms with Gasteiger partial charge in [-0.05, 0) is 36.2 Å². The Balaban J connectivity index is 2.09. The van der Waals surface area contributed by atoms with E-state index < -0.39 is 17.6 Å². The molecule has 2 N–H and O–H groups in total. The average Bonchev–Trinajstić information content (AvgIpc) is 2.77. The number of rotatable bonds is 0. The number of aliphatic hydroxyl groups is 2. The molecule has 0 amide bonds. The highest BCUT2D eigenvalue weighted by atomic mass is 16.5. The van der Waals surface area contributed by atoms with E-state index in [2.05, 4.69) is 20.4 Å². The number of hydrogen-bond acceptors (Lipinski definition) is 4. The van der Waals surface area contributed by atoms with Gasteiger partial charge in [0.1, 0.15) is 12.0 Å². The van der Waals surface area contributed by atoms with Gasteiger partial charge in [-0.1, -0.05) is 20.4 Å². The molecule has 2 saturated carbocycles. The fourth-order valence-corrected chi connectivity index (χ4v) is 4.65. The van der Waals surface area contributed by atoms with Crippen LogP contribution in [0.5, 0.6) is 0 Å². The lowest BCUT2D eigenvalue weighted by Gasteiger charge is -2.45. The molecule has 0 radical (unpaired) electrons. The van der Waals surface area contributed by atoms with Gasteiger partial charge in [0.2, 0.25) is 0 Å². The molecule has 6 unspecified atom stereocenters. The Morgan fingerprint density at radius 1 is 1.37 bits per heavy atom. The molecule has 4 heteroatoms. The smallest absolute Gasteiger partial charge is 0.319 e. The van der Waals surface area contributed by atoms with Crippen molar-refractivity contribution in [2.45, 2.75) is 45.3 Å². The first-order valence-electron chi connectivity index (χ1n) is 7.05. The van der Waals surface area contributed by atoms with Crippen LogP contribution >= 0.6 is 0 Å². The number of fused-ring (bicyclic) bond motifs is 1. The van der Waals surface area contributed by atoms with E-state index in [1.165, 1.54) is 0 Å². The van der Waals surface area contributed by atoms with Crippen molar-refractivity contribution < 1.29 is 19.7 Å². The van der Waals surface area contributed by atoms with Crippen molar-refractivity contribution in [1.29, 1.82) is 0 Å². The standard InChI is InChI=1S/C15H22O4/c1-8-4-5-10(16)11-12(17)15(7-14(8,11)3)9(2)6-19-13(15)18/h8,10-12,16-17H,2,4-7H2,1,3H3. The number of cyclic esters (lactones) is 1. The number of hydrogen-bond donors (Lipinski definition) is 2. The molecule has 3 aliphatic rings. The van der Waals surface area contributed by atoms with Crippen molar-refractivity contribution in [2.75, 3.05) is 6.61 Å². The van der Waals surface area contributed by atoms with Crippen molar-refractivity contribution in [3.63, 3.8) is 0 Å². The van der Waals surface area contributed by atoms with Gasteiger partial charge in [0.25, 0.3) is 0 Å². The molecule has 1 heterocycles. The monoisotopic (exact) mass is 266 g/mol. The largest absolute Gasteiger partial charge is 0.460 e. The molecule has 1 spiro atoms. The molecular weight excluding hydrogens is 244 g/mol. The third-order valence-electron chi connectivity index (χ3n) is 6.07. The molecule has 1 aliphatic heterocycles. The summed E-state index contributed by atoms with van der Waals surface area (Å²) in [6, 6.07) is 0. The molecule has 0 bridgehead atoms. The second-order valence-corrected chi connectivity index (χ2v) is 6.85. The molecule has 6 atom stereocenters. The molecule has 3 rings (SSSR count).